The van der Waals surface area contributed by atoms with Crippen molar-refractivity contribution in [2.24, 2.45) is 17.8 Å². The Morgan fingerprint density at radius 2 is 1.86 bits per heavy atom. The van der Waals surface area contributed by atoms with Gasteiger partial charge in [0.25, 0.3) is 0 Å². The minimum absolute atomic E-state index is 0.0142. The second kappa shape index (κ2) is 5.51. The number of para-hydroxylation sites is 1. The molecule has 2 atom stereocenters. The van der Waals surface area contributed by atoms with Crippen LogP contribution >= 0.6 is 0 Å². The molecule has 2 fully saturated rings. The highest BCUT2D eigenvalue weighted by atomic mass is 16.4. The molecule has 1 amide bonds. The van der Waals surface area contributed by atoms with Crippen LogP contribution in [0.5, 0.6) is 0 Å². The summed E-state index contributed by atoms with van der Waals surface area (Å²) in [4.78, 5) is 25.4. The molecule has 112 valence electrons. The summed E-state index contributed by atoms with van der Waals surface area (Å²) in [5, 5.41) is 8.94. The largest absolute Gasteiger partial charge is 0.481 e. The lowest BCUT2D eigenvalue weighted by Crippen LogP contribution is -2.37. The standard InChI is InChI=1S/C17H21NO3/c1-11-4-2-3-5-15(11)18(7-6-16(19)20)17(21)14-9-12-8-13(12)10-14/h2-5,12-14H,6-10H2,1H3,(H,19,20). The van der Waals surface area contributed by atoms with Gasteiger partial charge >= 0.3 is 5.97 Å². The highest BCUT2D eigenvalue weighted by Gasteiger charge is 2.48. The predicted molar refractivity (Wildman–Crippen MR) is 80.1 cm³/mol. The molecule has 1 aromatic rings. The summed E-state index contributed by atoms with van der Waals surface area (Å²) in [6.07, 6.45) is 3.24. The molecule has 0 bridgehead atoms. The number of aliphatic carboxylic acids is 1. The molecule has 2 aliphatic carbocycles. The molecular formula is C17H21NO3. The van der Waals surface area contributed by atoms with E-state index in [1.54, 1.807) is 4.90 Å². The maximum absolute atomic E-state index is 12.8. The fourth-order valence-electron chi connectivity index (χ4n) is 3.56. The second-order valence-corrected chi connectivity index (χ2v) is 6.34. The number of carbonyl (C=O) groups is 2. The third-order valence-corrected chi connectivity index (χ3v) is 4.81. The molecule has 4 nitrogen and oxygen atoms in total. The minimum Gasteiger partial charge on any atom is -0.481 e. The number of nitrogens with zero attached hydrogens (tertiary/aromatic N) is 1. The van der Waals surface area contributed by atoms with Crippen LogP contribution in [0, 0.1) is 24.7 Å². The monoisotopic (exact) mass is 287 g/mol. The quantitative estimate of drug-likeness (QED) is 0.906. The molecule has 0 heterocycles. The Labute approximate surface area is 124 Å². The molecule has 2 unspecified atom stereocenters. The fraction of sp³-hybridized carbons (Fsp3) is 0.529. The number of carbonyl (C=O) groups excluding carboxylic acids is 1. The van der Waals surface area contributed by atoms with Crippen molar-refractivity contribution in [3.63, 3.8) is 0 Å². The van der Waals surface area contributed by atoms with Gasteiger partial charge in [-0.3, -0.25) is 9.59 Å². The van der Waals surface area contributed by atoms with Crippen LogP contribution in [0.4, 0.5) is 5.69 Å². The van der Waals surface area contributed by atoms with Crippen LogP contribution in [-0.2, 0) is 9.59 Å². The smallest absolute Gasteiger partial charge is 0.305 e. The number of amides is 1. The van der Waals surface area contributed by atoms with Gasteiger partial charge in [0.15, 0.2) is 0 Å². The van der Waals surface area contributed by atoms with Gasteiger partial charge in [-0.25, -0.2) is 0 Å². The number of hydrogen-bond donors (Lipinski definition) is 1. The molecule has 0 radical (unpaired) electrons. The first-order valence-corrected chi connectivity index (χ1v) is 7.65. The van der Waals surface area contributed by atoms with Gasteiger partial charge in [-0.2, -0.15) is 0 Å². The first-order valence-electron chi connectivity index (χ1n) is 7.65. The summed E-state index contributed by atoms with van der Waals surface area (Å²) >= 11 is 0. The maximum atomic E-state index is 12.8. The van der Waals surface area contributed by atoms with Crippen molar-refractivity contribution in [3.8, 4) is 0 Å². The lowest BCUT2D eigenvalue weighted by atomic mass is 10.0. The topological polar surface area (TPSA) is 57.6 Å². The highest BCUT2D eigenvalue weighted by Crippen LogP contribution is 2.54. The average molecular weight is 287 g/mol. The van der Waals surface area contributed by atoms with Crippen LogP contribution in [0.15, 0.2) is 24.3 Å². The van der Waals surface area contributed by atoms with Gasteiger partial charge in [-0.05, 0) is 49.7 Å². The van der Waals surface area contributed by atoms with E-state index in [0.717, 1.165) is 35.9 Å². The highest BCUT2D eigenvalue weighted by molar-refractivity contribution is 5.96. The zero-order valence-corrected chi connectivity index (χ0v) is 12.3. The summed E-state index contributed by atoms with van der Waals surface area (Å²) in [6, 6.07) is 7.70. The summed E-state index contributed by atoms with van der Waals surface area (Å²) in [7, 11) is 0. The molecule has 3 rings (SSSR count). The molecular weight excluding hydrogens is 266 g/mol. The minimum atomic E-state index is -0.865. The van der Waals surface area contributed by atoms with Gasteiger partial charge in [-0.1, -0.05) is 18.2 Å². The zero-order chi connectivity index (χ0) is 15.0. The van der Waals surface area contributed by atoms with Gasteiger partial charge in [0.2, 0.25) is 5.91 Å². The molecule has 0 spiro atoms. The van der Waals surface area contributed by atoms with Crippen LogP contribution in [-0.4, -0.2) is 23.5 Å². The van der Waals surface area contributed by atoms with Gasteiger partial charge < -0.3 is 10.0 Å². The lowest BCUT2D eigenvalue weighted by Gasteiger charge is -2.27. The number of rotatable bonds is 5. The van der Waals surface area contributed by atoms with Crippen molar-refractivity contribution in [1.29, 1.82) is 0 Å². The van der Waals surface area contributed by atoms with E-state index in [9.17, 15) is 9.59 Å². The Balaban J connectivity index is 1.79. The van der Waals surface area contributed by atoms with Gasteiger partial charge in [0.05, 0.1) is 6.42 Å². The number of carboxylic acid groups (broad SMARTS) is 1. The molecule has 1 N–H and O–H groups in total. The van der Waals surface area contributed by atoms with Crippen LogP contribution in [0.25, 0.3) is 0 Å². The van der Waals surface area contributed by atoms with E-state index in [0.29, 0.717) is 0 Å². The first-order chi connectivity index (χ1) is 10.1. The number of carboxylic acids is 1. The number of benzene rings is 1. The predicted octanol–water partition coefficient (Wildman–Crippen LogP) is 2.85. The Morgan fingerprint density at radius 3 is 2.48 bits per heavy atom. The van der Waals surface area contributed by atoms with Crippen LogP contribution in [0.1, 0.15) is 31.2 Å². The van der Waals surface area contributed by atoms with Crippen LogP contribution in [0.2, 0.25) is 0 Å². The Hall–Kier alpha value is -1.84. The molecule has 0 aliphatic heterocycles. The van der Waals surface area contributed by atoms with Crippen molar-refractivity contribution in [2.45, 2.75) is 32.6 Å². The third-order valence-electron chi connectivity index (χ3n) is 4.81. The molecule has 0 saturated heterocycles. The van der Waals surface area contributed by atoms with E-state index < -0.39 is 5.97 Å². The molecule has 0 aromatic heterocycles. The van der Waals surface area contributed by atoms with Gasteiger partial charge in [0, 0.05) is 18.2 Å². The Kier molecular flexibility index (Phi) is 3.70. The van der Waals surface area contributed by atoms with Crippen molar-refractivity contribution in [2.75, 3.05) is 11.4 Å². The maximum Gasteiger partial charge on any atom is 0.305 e. The Bertz CT molecular complexity index is 559. The third kappa shape index (κ3) is 2.94. The zero-order valence-electron chi connectivity index (χ0n) is 12.3. The summed E-state index contributed by atoms with van der Waals surface area (Å²) in [6.45, 7) is 2.22. The van der Waals surface area contributed by atoms with E-state index in [1.807, 2.05) is 31.2 Å². The fourth-order valence-corrected chi connectivity index (χ4v) is 3.56. The lowest BCUT2D eigenvalue weighted by molar-refractivity contribution is -0.136. The van der Waals surface area contributed by atoms with Crippen molar-refractivity contribution >= 4 is 17.6 Å². The summed E-state index contributed by atoms with van der Waals surface area (Å²) < 4.78 is 0. The van der Waals surface area contributed by atoms with E-state index in [2.05, 4.69) is 0 Å². The van der Waals surface area contributed by atoms with E-state index in [1.165, 1.54) is 6.42 Å². The SMILES string of the molecule is Cc1ccccc1N(CCC(=O)O)C(=O)C1CC2CC2C1. The molecule has 2 aliphatic rings. The van der Waals surface area contributed by atoms with E-state index in [4.69, 9.17) is 5.11 Å². The summed E-state index contributed by atoms with van der Waals surface area (Å²) in [5.41, 5.74) is 1.86. The summed E-state index contributed by atoms with van der Waals surface area (Å²) in [5.74, 6) is 0.824. The number of fused-ring (bicyclic) bond motifs is 1. The number of aryl methyl sites for hydroxylation is 1. The molecule has 4 heteroatoms. The van der Waals surface area contributed by atoms with Crippen LogP contribution in [0.3, 0.4) is 0 Å². The van der Waals surface area contributed by atoms with Crippen LogP contribution < -0.4 is 4.90 Å². The average Bonchev–Trinajstić information content (AvgIpc) is 3.06. The molecule has 1 aromatic carbocycles. The van der Waals surface area contributed by atoms with E-state index >= 15 is 0 Å². The molecule has 2 saturated carbocycles. The van der Waals surface area contributed by atoms with Gasteiger partial charge in [-0.15, -0.1) is 0 Å². The number of hydrogen-bond acceptors (Lipinski definition) is 2. The Morgan fingerprint density at radius 1 is 1.19 bits per heavy atom. The normalized spacial score (nSPS) is 26.2. The number of anilines is 1. The van der Waals surface area contributed by atoms with Crippen molar-refractivity contribution < 1.29 is 14.7 Å². The van der Waals surface area contributed by atoms with Gasteiger partial charge in [0.1, 0.15) is 0 Å². The van der Waals surface area contributed by atoms with Crippen molar-refractivity contribution in [3.05, 3.63) is 29.8 Å². The second-order valence-electron chi connectivity index (χ2n) is 6.34. The van der Waals surface area contributed by atoms with Crippen molar-refractivity contribution in [1.82, 2.24) is 0 Å². The van der Waals surface area contributed by atoms with E-state index in [-0.39, 0.29) is 24.8 Å². The first kappa shape index (κ1) is 14.1. The molecule has 21 heavy (non-hydrogen) atoms.